The lowest BCUT2D eigenvalue weighted by atomic mass is 9.94. The minimum atomic E-state index is 0.929. The Morgan fingerprint density at radius 1 is 0.300 bits per heavy atom. The number of aromatic nitrogens is 4. The Labute approximate surface area is 346 Å². The molecule has 0 bridgehead atoms. The van der Waals surface area contributed by atoms with Crippen molar-refractivity contribution in [2.75, 3.05) is 0 Å². The molecule has 0 saturated heterocycles. The van der Waals surface area contributed by atoms with Crippen LogP contribution in [0, 0.1) is 0 Å². The summed E-state index contributed by atoms with van der Waals surface area (Å²) in [4.78, 5) is 10.6. The first-order valence-electron chi connectivity index (χ1n) is 20.4. The van der Waals surface area contributed by atoms with E-state index in [9.17, 15) is 0 Å². The molecule has 12 aromatic rings. The van der Waals surface area contributed by atoms with E-state index in [2.05, 4.69) is 215 Å². The molecule has 4 heteroatoms. The highest BCUT2D eigenvalue weighted by atomic mass is 15.1. The fourth-order valence-corrected chi connectivity index (χ4v) is 9.10. The molecule has 0 amide bonds. The number of rotatable bonds is 6. The Morgan fingerprint density at radius 2 is 0.867 bits per heavy atom. The second kappa shape index (κ2) is 13.8. The van der Waals surface area contributed by atoms with E-state index in [1.165, 1.54) is 27.2 Å². The van der Waals surface area contributed by atoms with Crippen molar-refractivity contribution in [2.45, 2.75) is 0 Å². The monoisotopic (exact) mass is 764 g/mol. The van der Waals surface area contributed by atoms with Gasteiger partial charge in [-0.1, -0.05) is 164 Å². The van der Waals surface area contributed by atoms with Crippen LogP contribution >= 0.6 is 0 Å². The molecule has 0 aliphatic carbocycles. The van der Waals surface area contributed by atoms with Crippen LogP contribution in [0.3, 0.4) is 0 Å². The van der Waals surface area contributed by atoms with E-state index >= 15 is 0 Å². The Balaban J connectivity index is 0.976. The third-order valence-corrected chi connectivity index (χ3v) is 11.9. The molecular weight excluding hydrogens is 729 g/mol. The molecule has 12 rings (SSSR count). The zero-order valence-electron chi connectivity index (χ0n) is 32.6. The van der Waals surface area contributed by atoms with Crippen LogP contribution in [0.4, 0.5) is 0 Å². The van der Waals surface area contributed by atoms with Crippen molar-refractivity contribution in [3.8, 4) is 56.3 Å². The summed E-state index contributed by atoms with van der Waals surface area (Å²) in [7, 11) is 0. The van der Waals surface area contributed by atoms with E-state index < -0.39 is 0 Å². The summed E-state index contributed by atoms with van der Waals surface area (Å²) < 4.78 is 4.63. The van der Waals surface area contributed by atoms with Gasteiger partial charge in [0.2, 0.25) is 0 Å². The molecule has 0 atom stereocenters. The van der Waals surface area contributed by atoms with Crippen LogP contribution in [0.5, 0.6) is 0 Å². The molecule has 60 heavy (non-hydrogen) atoms. The standard InChI is InChI=1S/C56H36N4/c1-4-15-40(16-5-1)54-49-36-53-48(45-21-10-12-25-51(45)59(53)42-17-6-2-7-18-42)35-47(49)46-23-14-22-44(55(46)58-54)39-31-27-37(28-32-39)38-29-33-41(34-30-38)56-57-50-24-11-13-26-52(50)60(56)43-19-8-3-9-20-43/h1-36H. The van der Waals surface area contributed by atoms with Crippen LogP contribution in [0.1, 0.15) is 0 Å². The first-order chi connectivity index (χ1) is 29.8. The van der Waals surface area contributed by atoms with Crippen molar-refractivity contribution >= 4 is 54.5 Å². The number of hydrogen-bond acceptors (Lipinski definition) is 2. The maximum atomic E-state index is 5.56. The Bertz CT molecular complexity index is 3550. The molecule has 0 fully saturated rings. The molecule has 0 saturated carbocycles. The molecule has 3 heterocycles. The third-order valence-electron chi connectivity index (χ3n) is 11.9. The number of fused-ring (bicyclic) bond motifs is 7. The van der Waals surface area contributed by atoms with Crippen LogP contribution in [0.2, 0.25) is 0 Å². The normalized spacial score (nSPS) is 11.7. The van der Waals surface area contributed by atoms with E-state index in [1.54, 1.807) is 0 Å². The number of hydrogen-bond donors (Lipinski definition) is 0. The molecule has 0 aliphatic rings. The molecule has 9 aromatic carbocycles. The van der Waals surface area contributed by atoms with Gasteiger partial charge in [-0.3, -0.25) is 4.57 Å². The van der Waals surface area contributed by atoms with Gasteiger partial charge in [0.25, 0.3) is 0 Å². The molecule has 0 radical (unpaired) electrons. The predicted octanol–water partition coefficient (Wildman–Crippen LogP) is 14.5. The summed E-state index contributed by atoms with van der Waals surface area (Å²) in [6.45, 7) is 0. The smallest absolute Gasteiger partial charge is 0.145 e. The lowest BCUT2D eigenvalue weighted by Gasteiger charge is -2.15. The largest absolute Gasteiger partial charge is 0.309 e. The van der Waals surface area contributed by atoms with Gasteiger partial charge in [-0.05, 0) is 76.7 Å². The summed E-state index contributed by atoms with van der Waals surface area (Å²) in [5.74, 6) is 0.929. The highest BCUT2D eigenvalue weighted by Crippen LogP contribution is 2.42. The Hall–Kier alpha value is -8.08. The lowest BCUT2D eigenvalue weighted by Crippen LogP contribution is -1.97. The predicted molar refractivity (Wildman–Crippen MR) is 250 cm³/mol. The summed E-state index contributed by atoms with van der Waals surface area (Å²) in [5.41, 5.74) is 15.4. The van der Waals surface area contributed by atoms with Gasteiger partial charge in [0.1, 0.15) is 5.82 Å². The van der Waals surface area contributed by atoms with Crippen LogP contribution < -0.4 is 0 Å². The number of benzene rings is 9. The van der Waals surface area contributed by atoms with E-state index in [-0.39, 0.29) is 0 Å². The topological polar surface area (TPSA) is 35.6 Å². The van der Waals surface area contributed by atoms with Crippen LogP contribution in [0.25, 0.3) is 111 Å². The van der Waals surface area contributed by atoms with Crippen molar-refractivity contribution in [1.82, 2.24) is 19.1 Å². The highest BCUT2D eigenvalue weighted by Gasteiger charge is 2.19. The SMILES string of the molecule is c1ccc(-c2nc3c(-c4ccc(-c5ccc(-c6nc7ccccc7n6-c6ccccc6)cc5)cc4)cccc3c3cc4c5ccccc5n(-c5ccccc5)c4cc23)cc1. The van der Waals surface area contributed by atoms with Crippen LogP contribution in [0.15, 0.2) is 218 Å². The fourth-order valence-electron chi connectivity index (χ4n) is 9.10. The molecule has 3 aromatic heterocycles. The second-order valence-corrected chi connectivity index (χ2v) is 15.4. The summed E-state index contributed by atoms with van der Waals surface area (Å²) in [6.07, 6.45) is 0. The van der Waals surface area contributed by atoms with Crippen molar-refractivity contribution in [3.05, 3.63) is 218 Å². The van der Waals surface area contributed by atoms with Crippen molar-refractivity contribution in [2.24, 2.45) is 0 Å². The molecule has 280 valence electrons. The summed E-state index contributed by atoms with van der Waals surface area (Å²) in [6, 6.07) is 77.8. The van der Waals surface area contributed by atoms with Gasteiger partial charge < -0.3 is 4.57 Å². The van der Waals surface area contributed by atoms with E-state index in [0.717, 1.165) is 83.6 Å². The van der Waals surface area contributed by atoms with Crippen molar-refractivity contribution < 1.29 is 0 Å². The number of para-hydroxylation sites is 6. The Morgan fingerprint density at radius 3 is 1.58 bits per heavy atom. The first kappa shape index (κ1) is 34.0. The molecule has 0 spiro atoms. The summed E-state index contributed by atoms with van der Waals surface area (Å²) in [5, 5.41) is 5.94. The maximum absolute atomic E-state index is 5.56. The highest BCUT2D eigenvalue weighted by molar-refractivity contribution is 6.21. The van der Waals surface area contributed by atoms with Gasteiger partial charge in [0, 0.05) is 49.6 Å². The zero-order chi connectivity index (χ0) is 39.6. The molecule has 0 aliphatic heterocycles. The van der Waals surface area contributed by atoms with Gasteiger partial charge in [0.15, 0.2) is 0 Å². The Kier molecular flexibility index (Phi) is 7.82. The van der Waals surface area contributed by atoms with E-state index in [0.29, 0.717) is 0 Å². The number of imidazole rings is 1. The second-order valence-electron chi connectivity index (χ2n) is 15.4. The van der Waals surface area contributed by atoms with Gasteiger partial charge in [-0.15, -0.1) is 0 Å². The van der Waals surface area contributed by atoms with Crippen LogP contribution in [-0.4, -0.2) is 19.1 Å². The molecular formula is C56H36N4. The molecule has 0 unspecified atom stereocenters. The minimum absolute atomic E-state index is 0.929. The van der Waals surface area contributed by atoms with Gasteiger partial charge in [-0.2, -0.15) is 0 Å². The van der Waals surface area contributed by atoms with Gasteiger partial charge >= 0.3 is 0 Å². The number of pyridine rings is 1. The van der Waals surface area contributed by atoms with Crippen molar-refractivity contribution in [3.63, 3.8) is 0 Å². The van der Waals surface area contributed by atoms with Crippen molar-refractivity contribution in [1.29, 1.82) is 0 Å². The lowest BCUT2D eigenvalue weighted by molar-refractivity contribution is 1.10. The molecule has 4 nitrogen and oxygen atoms in total. The van der Waals surface area contributed by atoms with E-state index in [1.807, 2.05) is 12.1 Å². The average Bonchev–Trinajstić information content (AvgIpc) is 3.87. The third kappa shape index (κ3) is 5.46. The fraction of sp³-hybridized carbons (Fsp3) is 0. The first-order valence-corrected chi connectivity index (χ1v) is 20.4. The van der Waals surface area contributed by atoms with Gasteiger partial charge in [-0.25, -0.2) is 9.97 Å². The minimum Gasteiger partial charge on any atom is -0.309 e. The van der Waals surface area contributed by atoms with Crippen LogP contribution in [-0.2, 0) is 0 Å². The van der Waals surface area contributed by atoms with Gasteiger partial charge in [0.05, 0.1) is 33.3 Å². The van der Waals surface area contributed by atoms with E-state index in [4.69, 9.17) is 9.97 Å². The number of nitrogens with zero attached hydrogens (tertiary/aromatic N) is 4. The summed E-state index contributed by atoms with van der Waals surface area (Å²) >= 11 is 0. The zero-order valence-corrected chi connectivity index (χ0v) is 32.6. The maximum Gasteiger partial charge on any atom is 0.145 e. The molecule has 0 N–H and O–H groups in total. The average molecular weight is 765 g/mol. The quantitative estimate of drug-likeness (QED) is 0.158.